The first-order valence-electron chi connectivity index (χ1n) is 13.9. The topological polar surface area (TPSA) is 110 Å². The monoisotopic (exact) mass is 593 g/mol. The summed E-state index contributed by atoms with van der Waals surface area (Å²) in [4.78, 5) is 36.5. The van der Waals surface area contributed by atoms with E-state index in [9.17, 15) is 23.5 Å². The van der Waals surface area contributed by atoms with Gasteiger partial charge >= 0.3 is 5.92 Å². The van der Waals surface area contributed by atoms with Gasteiger partial charge in [-0.05, 0) is 44.9 Å². The van der Waals surface area contributed by atoms with Gasteiger partial charge in [-0.25, -0.2) is 9.97 Å². The van der Waals surface area contributed by atoms with Crippen molar-refractivity contribution in [3.8, 4) is 12.3 Å². The number of aromatic nitrogens is 3. The van der Waals surface area contributed by atoms with Crippen LogP contribution in [-0.4, -0.2) is 55.7 Å². The Bertz CT molecular complexity index is 1670. The fraction of sp³-hybridized carbons (Fsp3) is 0.438. The van der Waals surface area contributed by atoms with Crippen molar-refractivity contribution >= 4 is 22.6 Å². The molecule has 2 N–H and O–H groups in total. The van der Waals surface area contributed by atoms with E-state index in [0.29, 0.717) is 41.3 Å². The molecule has 11 heteroatoms. The van der Waals surface area contributed by atoms with Crippen molar-refractivity contribution < 1.29 is 23.4 Å². The summed E-state index contributed by atoms with van der Waals surface area (Å²) in [6, 6.07) is 6.25. The number of alkyl halides is 2. The van der Waals surface area contributed by atoms with Crippen LogP contribution in [0.3, 0.4) is 0 Å². The minimum Gasteiger partial charge on any atom is -0.384 e. The minimum atomic E-state index is -3.52. The van der Waals surface area contributed by atoms with E-state index in [2.05, 4.69) is 27.8 Å². The van der Waals surface area contributed by atoms with Crippen molar-refractivity contribution in [3.63, 3.8) is 0 Å². The summed E-state index contributed by atoms with van der Waals surface area (Å²) < 4.78 is 37.5. The standard InChI is InChI=1S/C32H37F2N5O4/c1-9-23-18-31(43-8,14-15-39(23)20(4)40)26-17-24-27(29(41)38(26)7)35-19(3)36-28(24)37-25(10-2)21-12-11-13-22(16-21)32(33,34)30(5,6)42/h1,10-13,16-17,23,25,42H,2,14-15,18H2,3-8H3,(H,35,36,37)/t23-,25+,31+/m0/s1. The Morgan fingerprint density at radius 3 is 2.63 bits per heavy atom. The summed E-state index contributed by atoms with van der Waals surface area (Å²) in [5, 5.41) is 13.7. The summed E-state index contributed by atoms with van der Waals surface area (Å²) in [5.41, 5.74) is -2.86. The van der Waals surface area contributed by atoms with Gasteiger partial charge in [0.1, 0.15) is 28.4 Å². The van der Waals surface area contributed by atoms with E-state index in [1.165, 1.54) is 35.8 Å². The molecule has 1 fully saturated rings. The highest BCUT2D eigenvalue weighted by Crippen LogP contribution is 2.41. The Labute approximate surface area is 249 Å². The zero-order chi connectivity index (χ0) is 31.9. The molecule has 4 rings (SSSR count). The van der Waals surface area contributed by atoms with Gasteiger partial charge in [0.05, 0.1) is 23.2 Å². The lowest BCUT2D eigenvalue weighted by Gasteiger charge is -2.44. The average Bonchev–Trinajstić information content (AvgIpc) is 2.96. The van der Waals surface area contributed by atoms with E-state index < -0.39 is 29.2 Å². The van der Waals surface area contributed by atoms with Crippen LogP contribution in [0.2, 0.25) is 0 Å². The number of aryl methyl sites for hydroxylation is 1. The number of carbonyl (C=O) groups is 1. The van der Waals surface area contributed by atoms with Crippen molar-refractivity contribution in [1.82, 2.24) is 19.4 Å². The maximum Gasteiger partial charge on any atom is 0.300 e. The van der Waals surface area contributed by atoms with Gasteiger partial charge in [0.2, 0.25) is 5.91 Å². The lowest BCUT2D eigenvalue weighted by atomic mass is 9.82. The number of pyridine rings is 1. The number of piperidine rings is 1. The number of amides is 1. The second-order valence-corrected chi connectivity index (χ2v) is 11.4. The molecule has 9 nitrogen and oxygen atoms in total. The van der Waals surface area contributed by atoms with Crippen LogP contribution >= 0.6 is 0 Å². The Kier molecular flexibility index (Phi) is 8.51. The van der Waals surface area contributed by atoms with Crippen LogP contribution in [0, 0.1) is 19.3 Å². The number of rotatable bonds is 8. The number of terminal acetylenes is 1. The molecule has 2 aromatic heterocycles. The van der Waals surface area contributed by atoms with Gasteiger partial charge in [-0.1, -0.05) is 30.2 Å². The van der Waals surface area contributed by atoms with Crippen molar-refractivity contribution in [1.29, 1.82) is 0 Å². The van der Waals surface area contributed by atoms with Crippen LogP contribution in [-0.2, 0) is 28.1 Å². The van der Waals surface area contributed by atoms with E-state index >= 15 is 0 Å². The predicted molar refractivity (Wildman–Crippen MR) is 161 cm³/mol. The van der Waals surface area contributed by atoms with Crippen LogP contribution in [0.5, 0.6) is 0 Å². The molecule has 1 amide bonds. The van der Waals surface area contributed by atoms with Gasteiger partial charge in [-0.15, -0.1) is 13.0 Å². The fourth-order valence-corrected chi connectivity index (χ4v) is 5.67. The molecule has 0 aliphatic carbocycles. The molecule has 3 heterocycles. The molecule has 0 bridgehead atoms. The average molecular weight is 594 g/mol. The van der Waals surface area contributed by atoms with Gasteiger partial charge in [0.25, 0.3) is 5.56 Å². The number of aliphatic hydroxyl groups is 1. The number of anilines is 1. The number of carbonyl (C=O) groups excluding carboxylic acids is 1. The molecule has 1 aromatic carbocycles. The minimum absolute atomic E-state index is 0.143. The first kappa shape index (κ1) is 31.8. The number of fused-ring (bicyclic) bond motifs is 1. The third kappa shape index (κ3) is 5.65. The van der Waals surface area contributed by atoms with Gasteiger partial charge in [-0.2, -0.15) is 8.78 Å². The predicted octanol–water partition coefficient (Wildman–Crippen LogP) is 4.32. The number of halogens is 2. The number of hydrogen-bond acceptors (Lipinski definition) is 7. The van der Waals surface area contributed by atoms with Crippen molar-refractivity contribution in [3.05, 3.63) is 76.0 Å². The number of benzene rings is 1. The fourth-order valence-electron chi connectivity index (χ4n) is 5.67. The Hall–Kier alpha value is -4.14. The molecule has 0 unspecified atom stereocenters. The van der Waals surface area contributed by atoms with Crippen LogP contribution in [0.4, 0.5) is 14.6 Å². The first-order chi connectivity index (χ1) is 20.1. The summed E-state index contributed by atoms with van der Waals surface area (Å²) in [6.45, 7) is 9.44. The number of nitrogens with one attached hydrogen (secondary N) is 1. The number of methoxy groups -OCH3 is 1. The third-order valence-corrected chi connectivity index (χ3v) is 8.22. The second-order valence-electron chi connectivity index (χ2n) is 11.4. The van der Waals surface area contributed by atoms with Crippen molar-refractivity contribution in [2.45, 2.75) is 69.7 Å². The second kappa shape index (κ2) is 11.5. The number of likely N-dealkylation sites (tertiary alicyclic amines) is 1. The van der Waals surface area contributed by atoms with Crippen LogP contribution in [0.15, 0.2) is 47.8 Å². The molecule has 3 atom stereocenters. The van der Waals surface area contributed by atoms with Gasteiger partial charge in [-0.3, -0.25) is 9.59 Å². The maximum atomic E-state index is 15.0. The van der Waals surface area contributed by atoms with E-state index in [4.69, 9.17) is 11.2 Å². The summed E-state index contributed by atoms with van der Waals surface area (Å²) in [7, 11) is 3.17. The molecule has 0 spiro atoms. The summed E-state index contributed by atoms with van der Waals surface area (Å²) >= 11 is 0. The summed E-state index contributed by atoms with van der Waals surface area (Å²) in [5.74, 6) is -0.354. The Balaban J connectivity index is 1.84. The Morgan fingerprint density at radius 1 is 1.35 bits per heavy atom. The van der Waals surface area contributed by atoms with E-state index in [1.807, 2.05) is 0 Å². The maximum absolute atomic E-state index is 15.0. The number of ether oxygens (including phenoxy) is 1. The zero-order valence-electron chi connectivity index (χ0n) is 25.2. The lowest BCUT2D eigenvalue weighted by Crippen LogP contribution is -2.52. The third-order valence-electron chi connectivity index (χ3n) is 8.22. The molecule has 1 aliphatic heterocycles. The van der Waals surface area contributed by atoms with Gasteiger partial charge in [0.15, 0.2) is 0 Å². The summed E-state index contributed by atoms with van der Waals surface area (Å²) in [6.07, 6.45) is 8.01. The van der Waals surface area contributed by atoms with E-state index in [1.54, 1.807) is 38.1 Å². The number of nitrogens with zero attached hydrogens (tertiary/aromatic N) is 4. The smallest absolute Gasteiger partial charge is 0.300 e. The highest BCUT2D eigenvalue weighted by Gasteiger charge is 2.47. The quantitative estimate of drug-likeness (QED) is 0.296. The molecule has 0 radical (unpaired) electrons. The molecule has 0 saturated carbocycles. The molecule has 1 aliphatic rings. The molecule has 1 saturated heterocycles. The van der Waals surface area contributed by atoms with Gasteiger partial charge < -0.3 is 24.6 Å². The largest absolute Gasteiger partial charge is 0.384 e. The van der Waals surface area contributed by atoms with Crippen molar-refractivity contribution in [2.24, 2.45) is 7.05 Å². The van der Waals surface area contributed by atoms with Crippen molar-refractivity contribution in [2.75, 3.05) is 19.0 Å². The Morgan fingerprint density at radius 2 is 2.05 bits per heavy atom. The first-order valence-corrected chi connectivity index (χ1v) is 13.9. The SMILES string of the molecule is C#C[C@H]1C[C@@](OC)(c2cc3c(N[C@H](C=C)c4cccc(C(F)(F)C(C)(C)O)c4)nc(C)nc3c(=O)n2C)CCN1C(C)=O. The zero-order valence-corrected chi connectivity index (χ0v) is 25.2. The van der Waals surface area contributed by atoms with Crippen LogP contribution in [0.25, 0.3) is 10.9 Å². The van der Waals surface area contributed by atoms with Gasteiger partial charge in [0, 0.05) is 39.6 Å². The molecule has 3 aromatic rings. The highest BCUT2D eigenvalue weighted by molar-refractivity contribution is 5.89. The van der Waals surface area contributed by atoms with E-state index in [0.717, 1.165) is 13.8 Å². The van der Waals surface area contributed by atoms with Crippen LogP contribution < -0.4 is 10.9 Å². The van der Waals surface area contributed by atoms with E-state index in [-0.39, 0.29) is 29.0 Å². The highest BCUT2D eigenvalue weighted by atomic mass is 19.3. The van der Waals surface area contributed by atoms with Crippen LogP contribution in [0.1, 0.15) is 62.3 Å². The lowest BCUT2D eigenvalue weighted by molar-refractivity contribution is -0.168. The molecule has 228 valence electrons. The molecular weight excluding hydrogens is 556 g/mol. The molecular formula is C32H37F2N5O4. The number of hydrogen-bond donors (Lipinski definition) is 2. The normalized spacial score (nSPS) is 20.0. The molecule has 43 heavy (non-hydrogen) atoms.